The van der Waals surface area contributed by atoms with Crippen LogP contribution in [0.5, 0.6) is 5.75 Å². The van der Waals surface area contributed by atoms with Crippen LogP contribution >= 0.6 is 0 Å². The molecule has 0 radical (unpaired) electrons. The first-order valence-electron chi connectivity index (χ1n) is 12.8. The first-order chi connectivity index (χ1) is 18.7. The van der Waals surface area contributed by atoms with Gasteiger partial charge < -0.3 is 20.5 Å². The first kappa shape index (κ1) is 26.5. The van der Waals surface area contributed by atoms with Gasteiger partial charge in [0, 0.05) is 36.9 Å². The van der Waals surface area contributed by atoms with Crippen molar-refractivity contribution in [3.63, 3.8) is 0 Å². The molecule has 2 aliphatic heterocycles. The number of hydrogen-bond donors (Lipinski definition) is 3. The molecule has 14 heteroatoms. The molecule has 0 unspecified atom stereocenters. The number of rotatable bonds is 8. The number of aryl methyl sites for hydroxylation is 1. The van der Waals surface area contributed by atoms with E-state index in [1.807, 2.05) is 0 Å². The fourth-order valence-electron chi connectivity index (χ4n) is 5.60. The maximum Gasteiger partial charge on any atom is 0.368 e. The van der Waals surface area contributed by atoms with Crippen molar-refractivity contribution >= 4 is 23.1 Å². The van der Waals surface area contributed by atoms with Crippen LogP contribution in [-0.4, -0.2) is 77.1 Å². The van der Waals surface area contributed by atoms with Crippen molar-refractivity contribution in [3.05, 3.63) is 46.0 Å². The molecule has 2 atom stereocenters. The van der Waals surface area contributed by atoms with Gasteiger partial charge in [-0.05, 0) is 62.6 Å². The number of nitrogens with zero attached hydrogens (tertiary/aromatic N) is 8. The van der Waals surface area contributed by atoms with Gasteiger partial charge in [0.2, 0.25) is 11.6 Å². The van der Waals surface area contributed by atoms with Crippen molar-refractivity contribution in [3.8, 4) is 11.4 Å². The highest BCUT2D eigenvalue weighted by Crippen LogP contribution is 2.39. The summed E-state index contributed by atoms with van der Waals surface area (Å²) in [6.07, 6.45) is 5.59. The monoisotopic (exact) mass is 538 g/mol. The Balaban J connectivity index is 1.44. The highest BCUT2D eigenvalue weighted by molar-refractivity contribution is 5.69. The Kier molecular flexibility index (Phi) is 7.19. The van der Waals surface area contributed by atoms with E-state index in [9.17, 15) is 4.79 Å². The van der Waals surface area contributed by atoms with Crippen LogP contribution in [0.4, 0.5) is 27.5 Å². The average Bonchev–Trinajstić information content (AvgIpc) is 3.51. The summed E-state index contributed by atoms with van der Waals surface area (Å²) in [6, 6.07) is 3.02. The van der Waals surface area contributed by atoms with E-state index in [-0.39, 0.29) is 53.6 Å². The third-order valence-corrected chi connectivity index (χ3v) is 7.28. The molecule has 5 rings (SSSR count). The Bertz CT molecular complexity index is 1460. The number of piperidine rings is 1. The minimum absolute atomic E-state index is 0.00204. The Morgan fingerprint density at radius 1 is 1.33 bits per heavy atom. The molecule has 13 nitrogen and oxygen atoms in total. The van der Waals surface area contributed by atoms with E-state index in [1.165, 1.54) is 25.7 Å². The molecule has 0 bridgehead atoms. The lowest BCUT2D eigenvalue weighted by Crippen LogP contribution is -2.55. The number of aliphatic hydroxyl groups is 1. The van der Waals surface area contributed by atoms with E-state index in [0.29, 0.717) is 11.9 Å². The highest BCUT2D eigenvalue weighted by Gasteiger charge is 2.43. The zero-order chi connectivity index (χ0) is 27.7. The summed E-state index contributed by atoms with van der Waals surface area (Å²) in [6.45, 7) is 12.8. The van der Waals surface area contributed by atoms with Gasteiger partial charge in [0.05, 0.1) is 18.9 Å². The highest BCUT2D eigenvalue weighted by atomic mass is 19.1. The number of halogens is 1. The summed E-state index contributed by atoms with van der Waals surface area (Å²) in [5, 5.41) is 23.0. The molecule has 3 aromatic rings. The van der Waals surface area contributed by atoms with Gasteiger partial charge in [-0.25, -0.2) is 24.0 Å². The van der Waals surface area contributed by atoms with Crippen LogP contribution in [0, 0.1) is 12.4 Å². The first-order valence-corrected chi connectivity index (χ1v) is 12.8. The van der Waals surface area contributed by atoms with Crippen LogP contribution in [0.3, 0.4) is 0 Å². The molecule has 39 heavy (non-hydrogen) atoms. The summed E-state index contributed by atoms with van der Waals surface area (Å²) in [5.74, 6) is -0.250. The smallest absolute Gasteiger partial charge is 0.368 e. The predicted octanol–water partition coefficient (Wildman–Crippen LogP) is 2.38. The number of anilines is 3. The van der Waals surface area contributed by atoms with Gasteiger partial charge in [0.1, 0.15) is 23.9 Å². The van der Waals surface area contributed by atoms with E-state index in [1.54, 1.807) is 0 Å². The number of hydrogen-bond acceptors (Lipinski definition) is 10. The lowest BCUT2D eigenvalue weighted by atomic mass is 9.84. The summed E-state index contributed by atoms with van der Waals surface area (Å²) < 4.78 is 22.6. The Morgan fingerprint density at radius 2 is 2.15 bits per heavy atom. The van der Waals surface area contributed by atoms with Gasteiger partial charge >= 0.3 is 5.69 Å². The maximum atomic E-state index is 15.1. The van der Waals surface area contributed by atoms with Gasteiger partial charge in [-0.3, -0.25) is 4.90 Å². The minimum atomic E-state index is -0.702. The van der Waals surface area contributed by atoms with E-state index < -0.39 is 11.5 Å². The van der Waals surface area contributed by atoms with Crippen molar-refractivity contribution in [1.29, 1.82) is 0 Å². The van der Waals surface area contributed by atoms with Gasteiger partial charge in [-0.2, -0.15) is 9.36 Å². The second-order valence-electron chi connectivity index (χ2n) is 10.4. The third-order valence-electron chi connectivity index (χ3n) is 7.28. The van der Waals surface area contributed by atoms with E-state index in [2.05, 4.69) is 54.6 Å². The fourth-order valence-corrected chi connectivity index (χ4v) is 5.60. The Labute approximate surface area is 224 Å². The van der Waals surface area contributed by atoms with Crippen molar-refractivity contribution in [1.82, 2.24) is 34.7 Å². The summed E-state index contributed by atoms with van der Waals surface area (Å²) in [4.78, 5) is 27.3. The van der Waals surface area contributed by atoms with Crippen LogP contribution in [0.15, 0.2) is 23.1 Å². The molecule has 1 aromatic carbocycles. The normalized spacial score (nSPS) is 20.3. The van der Waals surface area contributed by atoms with Crippen LogP contribution in [0.25, 0.3) is 10.5 Å². The molecular weight excluding hydrogens is 507 g/mol. The zero-order valence-electron chi connectivity index (χ0n) is 22.1. The number of aliphatic hydroxyl groups excluding tert-OH is 1. The van der Waals surface area contributed by atoms with Crippen LogP contribution in [0.2, 0.25) is 0 Å². The SMILES string of the molecule is [C-]#[N+]c1cnc(Nc2cc(-n3nnn(C)c3=O)c(OCCO)cc2F)nc1N[C@@H]1C[C@@H]2CCCN2C(C)(C)C1. The van der Waals surface area contributed by atoms with Gasteiger partial charge in [-0.1, -0.05) is 0 Å². The molecule has 0 saturated carbocycles. The quantitative estimate of drug-likeness (QED) is 0.366. The van der Waals surface area contributed by atoms with Crippen molar-refractivity contribution < 1.29 is 14.2 Å². The molecule has 2 aliphatic rings. The number of ether oxygens (including phenoxy) is 1. The van der Waals surface area contributed by atoms with Crippen LogP contribution < -0.4 is 21.1 Å². The second-order valence-corrected chi connectivity index (χ2v) is 10.4. The van der Waals surface area contributed by atoms with Gasteiger partial charge in [0.25, 0.3) is 0 Å². The maximum absolute atomic E-state index is 15.1. The number of fused-ring (bicyclic) bond motifs is 1. The summed E-state index contributed by atoms with van der Waals surface area (Å²) >= 11 is 0. The number of nitrogens with one attached hydrogen (secondary N) is 2. The molecule has 4 heterocycles. The number of benzene rings is 1. The van der Waals surface area contributed by atoms with Crippen molar-refractivity contribution in [2.24, 2.45) is 7.05 Å². The van der Waals surface area contributed by atoms with Crippen molar-refractivity contribution in [2.45, 2.75) is 57.2 Å². The minimum Gasteiger partial charge on any atom is -0.489 e. The van der Waals surface area contributed by atoms with E-state index in [0.717, 1.165) is 41.2 Å². The second kappa shape index (κ2) is 10.6. The van der Waals surface area contributed by atoms with Crippen LogP contribution in [-0.2, 0) is 7.05 Å². The van der Waals surface area contributed by atoms with Crippen molar-refractivity contribution in [2.75, 3.05) is 30.4 Å². The molecule has 206 valence electrons. The molecule has 2 aromatic heterocycles. The Morgan fingerprint density at radius 3 is 2.87 bits per heavy atom. The van der Waals surface area contributed by atoms with E-state index in [4.69, 9.17) is 16.4 Å². The van der Waals surface area contributed by atoms with Gasteiger partial charge in [0.15, 0.2) is 5.82 Å². The summed E-state index contributed by atoms with van der Waals surface area (Å²) in [7, 11) is 1.43. The zero-order valence-corrected chi connectivity index (χ0v) is 22.1. The third kappa shape index (κ3) is 5.27. The predicted molar refractivity (Wildman–Crippen MR) is 141 cm³/mol. The van der Waals surface area contributed by atoms with E-state index >= 15 is 4.39 Å². The molecule has 3 N–H and O–H groups in total. The topological polar surface area (TPSA) is 140 Å². The standard InChI is InChI=1S/C25H31FN10O3/c1-25(2)13-15(10-16-6-5-7-35(16)25)29-22-19(27-3)14-28-23(31-22)30-18-12-20(36-24(38)34(4)32-33-36)21(11-17(18)26)39-9-8-37/h11-12,14-16,37H,5-10,13H2,1-2,4H3,(H2,28,29,30,31)/t15-,16+/m1/s1. The fraction of sp³-hybridized carbons (Fsp3) is 0.520. The molecule has 2 fully saturated rings. The summed E-state index contributed by atoms with van der Waals surface area (Å²) in [5.41, 5.74) is -0.191. The lowest BCUT2D eigenvalue weighted by molar-refractivity contribution is 0.0501. The Hall–Kier alpha value is -4.09. The number of aromatic nitrogens is 6. The molecule has 0 spiro atoms. The molecule has 0 aliphatic carbocycles. The molecule has 0 amide bonds. The number of tetrazole rings is 1. The lowest BCUT2D eigenvalue weighted by Gasteiger charge is -2.48. The van der Waals surface area contributed by atoms with Gasteiger partial charge in [-0.15, -0.1) is 0 Å². The van der Waals surface area contributed by atoms with Crippen LogP contribution in [0.1, 0.15) is 39.5 Å². The molecular formula is C25H31FN10O3. The largest absolute Gasteiger partial charge is 0.489 e. The molecule has 2 saturated heterocycles. The average molecular weight is 539 g/mol.